The molecule has 0 unspecified atom stereocenters. The van der Waals surface area contributed by atoms with Crippen LogP contribution in [0.25, 0.3) is 0 Å². The molecule has 1 saturated carbocycles. The zero-order chi connectivity index (χ0) is 11.5. The molecule has 0 radical (unpaired) electrons. The van der Waals surface area contributed by atoms with E-state index in [9.17, 15) is 0 Å². The van der Waals surface area contributed by atoms with Gasteiger partial charge in [0.15, 0.2) is 0 Å². The van der Waals surface area contributed by atoms with Gasteiger partial charge < -0.3 is 5.32 Å². The quantitative estimate of drug-likeness (QED) is 0.860. The number of rotatable bonds is 3. The van der Waals surface area contributed by atoms with E-state index in [1.54, 1.807) is 0 Å². The van der Waals surface area contributed by atoms with E-state index in [1.165, 1.54) is 37.9 Å². The van der Waals surface area contributed by atoms with Crippen LogP contribution in [-0.2, 0) is 0 Å². The van der Waals surface area contributed by atoms with Crippen molar-refractivity contribution < 1.29 is 0 Å². The number of aromatic nitrogens is 1. The molecule has 1 saturated heterocycles. The number of piperazine rings is 1. The fraction of sp³-hybridized carbons (Fsp3) is 0.643. The van der Waals surface area contributed by atoms with Crippen LogP contribution in [-0.4, -0.2) is 36.1 Å². The molecule has 1 aliphatic carbocycles. The van der Waals surface area contributed by atoms with E-state index in [1.807, 2.05) is 12.4 Å². The van der Waals surface area contributed by atoms with Crippen LogP contribution in [0, 0.1) is 5.92 Å². The van der Waals surface area contributed by atoms with Crippen LogP contribution in [0.15, 0.2) is 24.5 Å². The average Bonchev–Trinajstić information content (AvgIpc) is 2.36. The number of nitrogens with zero attached hydrogens (tertiary/aromatic N) is 2. The van der Waals surface area contributed by atoms with Crippen molar-refractivity contribution in [1.82, 2.24) is 15.2 Å². The summed E-state index contributed by atoms with van der Waals surface area (Å²) in [6, 6.07) is 5.03. The molecule has 3 nitrogen and oxygen atoms in total. The molecule has 0 amide bonds. The largest absolute Gasteiger partial charge is 0.314 e. The summed E-state index contributed by atoms with van der Waals surface area (Å²) in [5.74, 6) is 0.871. The molecule has 1 N–H and O–H groups in total. The second kappa shape index (κ2) is 5.15. The molecule has 1 aliphatic heterocycles. The van der Waals surface area contributed by atoms with E-state index >= 15 is 0 Å². The number of pyridine rings is 1. The summed E-state index contributed by atoms with van der Waals surface area (Å²) in [7, 11) is 0. The molecule has 0 bridgehead atoms. The molecular formula is C14H21N3. The van der Waals surface area contributed by atoms with E-state index < -0.39 is 0 Å². The van der Waals surface area contributed by atoms with Gasteiger partial charge in [-0.3, -0.25) is 9.88 Å². The van der Waals surface area contributed by atoms with Crippen molar-refractivity contribution >= 4 is 0 Å². The van der Waals surface area contributed by atoms with Crippen LogP contribution in [0.4, 0.5) is 0 Å². The van der Waals surface area contributed by atoms with Gasteiger partial charge >= 0.3 is 0 Å². The first-order valence-corrected chi connectivity index (χ1v) is 6.80. The lowest BCUT2D eigenvalue weighted by molar-refractivity contribution is 0.0836. The van der Waals surface area contributed by atoms with Crippen molar-refractivity contribution in [2.45, 2.75) is 25.3 Å². The van der Waals surface area contributed by atoms with E-state index in [0.29, 0.717) is 6.04 Å². The molecule has 3 heteroatoms. The molecule has 0 spiro atoms. The molecule has 1 aromatic rings. The molecule has 0 aromatic carbocycles. The maximum Gasteiger partial charge on any atom is 0.0378 e. The zero-order valence-electron chi connectivity index (χ0n) is 10.3. The summed E-state index contributed by atoms with van der Waals surface area (Å²) in [6.45, 7) is 4.63. The highest BCUT2D eigenvalue weighted by molar-refractivity contribution is 5.17. The van der Waals surface area contributed by atoms with Crippen LogP contribution < -0.4 is 5.32 Å². The summed E-state index contributed by atoms with van der Waals surface area (Å²) in [6.07, 6.45) is 8.08. The van der Waals surface area contributed by atoms with Crippen LogP contribution >= 0.6 is 0 Å². The summed E-state index contributed by atoms with van der Waals surface area (Å²) >= 11 is 0. The Morgan fingerprint density at radius 3 is 2.47 bits per heavy atom. The summed E-state index contributed by atoms with van der Waals surface area (Å²) in [4.78, 5) is 6.81. The molecule has 3 rings (SSSR count). The topological polar surface area (TPSA) is 28.2 Å². The second-order valence-corrected chi connectivity index (χ2v) is 5.20. The van der Waals surface area contributed by atoms with E-state index in [2.05, 4.69) is 27.3 Å². The van der Waals surface area contributed by atoms with E-state index in [0.717, 1.165) is 19.0 Å². The minimum absolute atomic E-state index is 0.633. The van der Waals surface area contributed by atoms with E-state index in [-0.39, 0.29) is 0 Å². The highest BCUT2D eigenvalue weighted by Gasteiger charge is 2.33. The summed E-state index contributed by atoms with van der Waals surface area (Å²) in [5, 5.41) is 3.44. The van der Waals surface area contributed by atoms with Crippen LogP contribution in [0.2, 0.25) is 0 Å². The molecule has 2 fully saturated rings. The minimum atomic E-state index is 0.633. The first-order chi connectivity index (χ1) is 8.45. The average molecular weight is 231 g/mol. The lowest BCUT2D eigenvalue weighted by Gasteiger charge is -2.43. The normalized spacial score (nSPS) is 24.2. The molecule has 1 aromatic heterocycles. The van der Waals surface area contributed by atoms with E-state index in [4.69, 9.17) is 0 Å². The maximum atomic E-state index is 4.15. The fourth-order valence-corrected chi connectivity index (χ4v) is 3.06. The Hall–Kier alpha value is -0.930. The monoisotopic (exact) mass is 231 g/mol. The Balaban J connectivity index is 1.80. The third-order valence-electron chi connectivity index (χ3n) is 4.19. The Bertz CT molecular complexity index is 342. The lowest BCUT2D eigenvalue weighted by Crippen LogP contribution is -2.47. The Labute approximate surface area is 103 Å². The number of hydrogen-bond donors (Lipinski definition) is 1. The van der Waals surface area contributed by atoms with Gasteiger partial charge in [0.1, 0.15) is 0 Å². The van der Waals surface area contributed by atoms with Gasteiger partial charge in [-0.25, -0.2) is 0 Å². The molecule has 92 valence electrons. The first-order valence-electron chi connectivity index (χ1n) is 6.80. The van der Waals surface area contributed by atoms with Gasteiger partial charge in [-0.15, -0.1) is 0 Å². The number of nitrogens with one attached hydrogen (secondary N) is 1. The Morgan fingerprint density at radius 1 is 1.18 bits per heavy atom. The van der Waals surface area contributed by atoms with Gasteiger partial charge in [0.05, 0.1) is 0 Å². The first kappa shape index (κ1) is 11.2. The van der Waals surface area contributed by atoms with Crippen molar-refractivity contribution in [3.05, 3.63) is 30.1 Å². The number of hydrogen-bond acceptors (Lipinski definition) is 3. The maximum absolute atomic E-state index is 4.15. The van der Waals surface area contributed by atoms with Crippen LogP contribution in [0.5, 0.6) is 0 Å². The SMILES string of the molecule is c1cc([C@@H](C2CCC2)N2CCNCC2)ccn1. The third-order valence-corrected chi connectivity index (χ3v) is 4.19. The smallest absolute Gasteiger partial charge is 0.0378 e. The third kappa shape index (κ3) is 2.35. The van der Waals surface area contributed by atoms with Crippen molar-refractivity contribution in [3.8, 4) is 0 Å². The summed E-state index contributed by atoms with van der Waals surface area (Å²) in [5.41, 5.74) is 1.46. The predicted molar refractivity (Wildman–Crippen MR) is 68.8 cm³/mol. The predicted octanol–water partition coefficient (Wildman–Crippen LogP) is 1.83. The standard InChI is InChI=1S/C14H21N3/c1-2-12(3-1)14(13-4-6-15-7-5-13)17-10-8-16-9-11-17/h4-7,12,14,16H,1-3,8-11H2/t14-/m1/s1. The van der Waals surface area contributed by atoms with Crippen LogP contribution in [0.3, 0.4) is 0 Å². The van der Waals surface area contributed by atoms with Gasteiger partial charge in [0.2, 0.25) is 0 Å². The lowest BCUT2D eigenvalue weighted by atomic mass is 9.76. The van der Waals surface area contributed by atoms with Crippen molar-refractivity contribution in [2.75, 3.05) is 26.2 Å². The molecular weight excluding hydrogens is 210 g/mol. The molecule has 2 aliphatic rings. The van der Waals surface area contributed by atoms with Gasteiger partial charge in [-0.05, 0) is 36.5 Å². The van der Waals surface area contributed by atoms with Gasteiger partial charge in [-0.1, -0.05) is 6.42 Å². The Kier molecular flexibility index (Phi) is 3.39. The highest BCUT2D eigenvalue weighted by Crippen LogP contribution is 2.41. The second-order valence-electron chi connectivity index (χ2n) is 5.20. The van der Waals surface area contributed by atoms with Crippen LogP contribution in [0.1, 0.15) is 30.9 Å². The molecule has 1 atom stereocenters. The zero-order valence-corrected chi connectivity index (χ0v) is 10.3. The fourth-order valence-electron chi connectivity index (χ4n) is 3.06. The molecule has 17 heavy (non-hydrogen) atoms. The summed E-state index contributed by atoms with van der Waals surface area (Å²) < 4.78 is 0. The molecule has 2 heterocycles. The van der Waals surface area contributed by atoms with Gasteiger partial charge in [0.25, 0.3) is 0 Å². The van der Waals surface area contributed by atoms with Crippen molar-refractivity contribution in [3.63, 3.8) is 0 Å². The Morgan fingerprint density at radius 2 is 1.88 bits per heavy atom. The highest BCUT2D eigenvalue weighted by atomic mass is 15.2. The minimum Gasteiger partial charge on any atom is -0.314 e. The van der Waals surface area contributed by atoms with Gasteiger partial charge in [0, 0.05) is 44.6 Å². The van der Waals surface area contributed by atoms with Crippen molar-refractivity contribution in [1.29, 1.82) is 0 Å². The van der Waals surface area contributed by atoms with Gasteiger partial charge in [-0.2, -0.15) is 0 Å². The van der Waals surface area contributed by atoms with Crippen molar-refractivity contribution in [2.24, 2.45) is 5.92 Å².